The van der Waals surface area contributed by atoms with Gasteiger partial charge in [-0.2, -0.15) is 0 Å². The lowest BCUT2D eigenvalue weighted by atomic mass is 10.2. The zero-order valence-electron chi connectivity index (χ0n) is 17.2. The molecule has 1 aliphatic rings. The molecule has 0 radical (unpaired) electrons. The van der Waals surface area contributed by atoms with Crippen molar-refractivity contribution in [2.75, 3.05) is 20.8 Å². The van der Waals surface area contributed by atoms with E-state index in [9.17, 15) is 13.2 Å². The Hall–Kier alpha value is -2.66. The Morgan fingerprint density at radius 2 is 1.93 bits per heavy atom. The number of sulfonamides is 1. The van der Waals surface area contributed by atoms with Gasteiger partial charge in [0.25, 0.3) is 0 Å². The van der Waals surface area contributed by atoms with Crippen LogP contribution in [-0.4, -0.2) is 49.9 Å². The highest BCUT2D eigenvalue weighted by Crippen LogP contribution is 2.29. The molecule has 0 bridgehead atoms. The minimum Gasteiger partial charge on any atom is -0.493 e. The number of amides is 1. The molecule has 0 spiro atoms. The summed E-state index contributed by atoms with van der Waals surface area (Å²) < 4.78 is 39.7. The fraction of sp³-hybridized carbons (Fsp3) is 0.526. The van der Waals surface area contributed by atoms with Crippen LogP contribution in [-0.2, 0) is 34.3 Å². The lowest BCUT2D eigenvalue weighted by Gasteiger charge is -2.11. The molecule has 0 unspecified atom stereocenters. The van der Waals surface area contributed by atoms with Crippen molar-refractivity contribution in [2.24, 2.45) is 0 Å². The van der Waals surface area contributed by atoms with Gasteiger partial charge in [-0.3, -0.25) is 4.79 Å². The second kappa shape index (κ2) is 9.90. The molecular formula is C19H27N5O5S. The topological polar surface area (TPSA) is 124 Å². The monoisotopic (exact) mass is 437 g/mol. The number of methoxy groups -OCH3 is 2. The van der Waals surface area contributed by atoms with Crippen LogP contribution in [0.2, 0.25) is 0 Å². The maximum atomic E-state index is 12.5. The fourth-order valence-corrected chi connectivity index (χ4v) is 4.35. The van der Waals surface area contributed by atoms with Gasteiger partial charge < -0.3 is 19.4 Å². The molecule has 2 N–H and O–H groups in total. The average Bonchev–Trinajstić information content (AvgIpc) is 2.97. The predicted molar refractivity (Wildman–Crippen MR) is 109 cm³/mol. The summed E-state index contributed by atoms with van der Waals surface area (Å²) in [6.07, 6.45) is 4.25. The first-order chi connectivity index (χ1) is 14.4. The number of benzene rings is 1. The van der Waals surface area contributed by atoms with Crippen molar-refractivity contribution in [3.8, 4) is 11.5 Å². The van der Waals surface area contributed by atoms with Gasteiger partial charge in [-0.25, -0.2) is 13.1 Å². The van der Waals surface area contributed by atoms with Gasteiger partial charge >= 0.3 is 0 Å². The van der Waals surface area contributed by atoms with Crippen LogP contribution in [0.3, 0.4) is 0 Å². The van der Waals surface area contributed by atoms with Crippen LogP contribution in [0.4, 0.5) is 0 Å². The fourth-order valence-electron chi connectivity index (χ4n) is 3.31. The molecule has 1 aliphatic heterocycles. The minimum atomic E-state index is -3.78. The molecule has 1 aromatic carbocycles. The van der Waals surface area contributed by atoms with Gasteiger partial charge in [0, 0.05) is 32.0 Å². The lowest BCUT2D eigenvalue weighted by molar-refractivity contribution is -0.121. The third-order valence-corrected chi connectivity index (χ3v) is 6.40. The van der Waals surface area contributed by atoms with E-state index in [0.29, 0.717) is 11.5 Å². The number of rotatable bonds is 9. The van der Waals surface area contributed by atoms with Crippen LogP contribution in [0.25, 0.3) is 0 Å². The molecule has 164 valence electrons. The largest absolute Gasteiger partial charge is 0.493 e. The van der Waals surface area contributed by atoms with E-state index < -0.39 is 10.0 Å². The van der Waals surface area contributed by atoms with Crippen LogP contribution in [0, 0.1) is 0 Å². The summed E-state index contributed by atoms with van der Waals surface area (Å²) >= 11 is 0. The van der Waals surface area contributed by atoms with Crippen molar-refractivity contribution in [1.82, 2.24) is 24.8 Å². The zero-order valence-corrected chi connectivity index (χ0v) is 18.0. The molecule has 0 saturated heterocycles. The van der Waals surface area contributed by atoms with E-state index in [1.54, 1.807) is 0 Å². The first-order valence-electron chi connectivity index (χ1n) is 9.84. The number of hydrogen-bond donors (Lipinski definition) is 2. The van der Waals surface area contributed by atoms with E-state index in [1.807, 2.05) is 0 Å². The van der Waals surface area contributed by atoms with Crippen molar-refractivity contribution < 1.29 is 22.7 Å². The van der Waals surface area contributed by atoms with Crippen molar-refractivity contribution in [2.45, 2.75) is 50.1 Å². The Labute approximate surface area is 176 Å². The highest BCUT2D eigenvalue weighted by atomic mass is 32.2. The van der Waals surface area contributed by atoms with Gasteiger partial charge in [-0.05, 0) is 25.0 Å². The Kier molecular flexibility index (Phi) is 7.27. The van der Waals surface area contributed by atoms with Gasteiger partial charge in [0.15, 0.2) is 17.3 Å². The summed E-state index contributed by atoms with van der Waals surface area (Å²) in [6, 6.07) is 4.31. The Bertz CT molecular complexity index is 989. The number of fused-ring (bicyclic) bond motifs is 1. The number of aromatic nitrogens is 3. The molecule has 1 aromatic heterocycles. The van der Waals surface area contributed by atoms with Crippen LogP contribution in [0.1, 0.15) is 37.3 Å². The summed E-state index contributed by atoms with van der Waals surface area (Å²) in [7, 11) is -0.877. The standard InChI is InChI=1S/C19H27N5O5S/c1-28-15-8-7-14(12-16(15)29-2)30(26,27)21-10-9-19(25)20-13-18-23-22-17-6-4-3-5-11-24(17)18/h7-8,12,21H,3-6,9-11,13H2,1-2H3,(H,20,25). The second-order valence-electron chi connectivity index (χ2n) is 6.94. The number of carbonyl (C=O) groups is 1. The summed E-state index contributed by atoms with van der Waals surface area (Å²) in [4.78, 5) is 12.2. The molecular weight excluding hydrogens is 410 g/mol. The van der Waals surface area contributed by atoms with Crippen LogP contribution in [0.5, 0.6) is 11.5 Å². The molecule has 1 amide bonds. The maximum absolute atomic E-state index is 12.5. The number of carbonyl (C=O) groups excluding carboxylic acids is 1. The quantitative estimate of drug-likeness (QED) is 0.600. The molecule has 0 saturated carbocycles. The van der Waals surface area contributed by atoms with E-state index >= 15 is 0 Å². The van der Waals surface area contributed by atoms with E-state index in [-0.39, 0.29) is 30.3 Å². The molecule has 0 fully saturated rings. The normalized spacial score (nSPS) is 13.9. The second-order valence-corrected chi connectivity index (χ2v) is 8.70. The van der Waals surface area contributed by atoms with E-state index in [4.69, 9.17) is 9.47 Å². The molecule has 0 atom stereocenters. The minimum absolute atomic E-state index is 0.00745. The third-order valence-electron chi connectivity index (χ3n) is 4.94. The van der Waals surface area contributed by atoms with Gasteiger partial charge in [-0.1, -0.05) is 6.42 Å². The summed E-state index contributed by atoms with van der Waals surface area (Å²) in [5.41, 5.74) is 0. The molecule has 2 heterocycles. The molecule has 30 heavy (non-hydrogen) atoms. The SMILES string of the molecule is COc1ccc(S(=O)(=O)NCCC(=O)NCc2nnc3n2CCCCC3)cc1OC. The zero-order chi connectivity index (χ0) is 21.6. The van der Waals surface area contributed by atoms with Crippen molar-refractivity contribution in [3.05, 3.63) is 29.8 Å². The van der Waals surface area contributed by atoms with E-state index in [1.165, 1.54) is 32.4 Å². The van der Waals surface area contributed by atoms with Crippen LogP contribution in [0.15, 0.2) is 23.1 Å². The van der Waals surface area contributed by atoms with Crippen LogP contribution < -0.4 is 19.5 Å². The molecule has 10 nitrogen and oxygen atoms in total. The smallest absolute Gasteiger partial charge is 0.240 e. The van der Waals surface area contributed by atoms with Crippen LogP contribution >= 0.6 is 0 Å². The van der Waals surface area contributed by atoms with Gasteiger partial charge in [0.2, 0.25) is 15.9 Å². The van der Waals surface area contributed by atoms with E-state index in [2.05, 4.69) is 24.8 Å². The average molecular weight is 438 g/mol. The van der Waals surface area contributed by atoms with E-state index in [0.717, 1.165) is 43.9 Å². The van der Waals surface area contributed by atoms with Crippen molar-refractivity contribution in [1.29, 1.82) is 0 Å². The van der Waals surface area contributed by atoms with Crippen molar-refractivity contribution >= 4 is 15.9 Å². The highest BCUT2D eigenvalue weighted by molar-refractivity contribution is 7.89. The Morgan fingerprint density at radius 1 is 1.13 bits per heavy atom. The first kappa shape index (κ1) is 22.0. The number of aryl methyl sites for hydroxylation is 1. The number of hydrogen-bond acceptors (Lipinski definition) is 7. The molecule has 11 heteroatoms. The summed E-state index contributed by atoms with van der Waals surface area (Å²) in [6.45, 7) is 1.10. The van der Waals surface area contributed by atoms with Gasteiger partial charge in [0.1, 0.15) is 5.82 Å². The number of nitrogens with zero attached hydrogens (tertiary/aromatic N) is 3. The molecule has 2 aromatic rings. The number of ether oxygens (including phenoxy) is 2. The molecule has 3 rings (SSSR count). The summed E-state index contributed by atoms with van der Waals surface area (Å²) in [5, 5.41) is 11.1. The number of nitrogens with one attached hydrogen (secondary N) is 2. The Balaban J connectivity index is 1.50. The maximum Gasteiger partial charge on any atom is 0.240 e. The highest BCUT2D eigenvalue weighted by Gasteiger charge is 2.18. The summed E-state index contributed by atoms with van der Waals surface area (Å²) in [5.74, 6) is 2.16. The first-order valence-corrected chi connectivity index (χ1v) is 11.3. The van der Waals surface area contributed by atoms with Gasteiger partial charge in [0.05, 0.1) is 25.7 Å². The Morgan fingerprint density at radius 3 is 2.70 bits per heavy atom. The lowest BCUT2D eigenvalue weighted by Crippen LogP contribution is -2.31. The molecule has 0 aliphatic carbocycles. The van der Waals surface area contributed by atoms with Crippen molar-refractivity contribution in [3.63, 3.8) is 0 Å². The predicted octanol–water partition coefficient (Wildman–Crippen LogP) is 1.01. The third kappa shape index (κ3) is 5.28. The van der Waals surface area contributed by atoms with Gasteiger partial charge in [-0.15, -0.1) is 10.2 Å².